The summed E-state index contributed by atoms with van der Waals surface area (Å²) in [5, 5.41) is 11.6. The Kier molecular flexibility index (Phi) is 3.87. The highest BCUT2D eigenvalue weighted by molar-refractivity contribution is 6.30. The predicted molar refractivity (Wildman–Crippen MR) is 79.2 cm³/mol. The highest BCUT2D eigenvalue weighted by Crippen LogP contribution is 2.30. The van der Waals surface area contributed by atoms with Crippen molar-refractivity contribution >= 4 is 29.1 Å². The van der Waals surface area contributed by atoms with E-state index >= 15 is 0 Å². The monoisotopic (exact) mass is 308 g/mol. The summed E-state index contributed by atoms with van der Waals surface area (Å²) in [6.45, 7) is 0.969. The van der Waals surface area contributed by atoms with E-state index in [1.54, 1.807) is 17.0 Å². The molecule has 0 bridgehead atoms. The van der Waals surface area contributed by atoms with Crippen LogP contribution in [0.2, 0.25) is 0 Å². The molecule has 1 fully saturated rings. The molecule has 2 amide bonds. The Balaban J connectivity index is 1.76. The highest BCUT2D eigenvalue weighted by Gasteiger charge is 2.29. The average Bonchev–Trinajstić information content (AvgIpc) is 2.84. The maximum Gasteiger partial charge on any atom is 0.245 e. The number of carbonyl (C=O) groups is 2. The number of likely N-dealkylation sites (tertiary alicyclic amines) is 1. The van der Waals surface area contributed by atoms with Gasteiger partial charge < -0.3 is 15.3 Å². The number of carbonyl (C=O) groups excluding carboxylic acids is 2. The molecule has 112 valence electrons. The molecule has 21 heavy (non-hydrogen) atoms. The maximum atomic E-state index is 12.4. The van der Waals surface area contributed by atoms with Crippen LogP contribution in [0.3, 0.4) is 0 Å². The van der Waals surface area contributed by atoms with E-state index in [4.69, 9.17) is 11.6 Å². The van der Waals surface area contributed by atoms with Crippen molar-refractivity contribution < 1.29 is 14.7 Å². The summed E-state index contributed by atoms with van der Waals surface area (Å²) in [4.78, 5) is 25.4. The maximum absolute atomic E-state index is 12.4. The van der Waals surface area contributed by atoms with Crippen molar-refractivity contribution in [3.05, 3.63) is 29.3 Å². The van der Waals surface area contributed by atoms with Crippen LogP contribution in [0.25, 0.3) is 0 Å². The lowest BCUT2D eigenvalue weighted by molar-refractivity contribution is -0.133. The number of alkyl halides is 1. The Bertz CT molecular complexity index is 590. The molecule has 3 rings (SSSR count). The SMILES string of the molecule is O=C1Cc2cc(C(Cl)C(=O)N3CCCC(O)C3)ccc2N1. The van der Waals surface area contributed by atoms with Crippen LogP contribution in [-0.2, 0) is 16.0 Å². The van der Waals surface area contributed by atoms with Crippen molar-refractivity contribution in [2.45, 2.75) is 30.7 Å². The molecule has 0 aliphatic carbocycles. The summed E-state index contributed by atoms with van der Waals surface area (Å²) >= 11 is 6.30. The van der Waals surface area contributed by atoms with Gasteiger partial charge in [0.15, 0.2) is 0 Å². The van der Waals surface area contributed by atoms with E-state index in [1.165, 1.54) is 0 Å². The third-order valence-corrected chi connectivity index (χ3v) is 4.41. The van der Waals surface area contributed by atoms with Gasteiger partial charge in [0.1, 0.15) is 5.38 Å². The number of halogens is 1. The van der Waals surface area contributed by atoms with E-state index < -0.39 is 11.5 Å². The van der Waals surface area contributed by atoms with Crippen LogP contribution >= 0.6 is 11.6 Å². The van der Waals surface area contributed by atoms with Gasteiger partial charge in [-0.2, -0.15) is 0 Å². The van der Waals surface area contributed by atoms with Gasteiger partial charge in [-0.3, -0.25) is 9.59 Å². The number of aliphatic hydroxyl groups excluding tert-OH is 1. The molecule has 2 unspecified atom stereocenters. The Morgan fingerprint density at radius 1 is 1.48 bits per heavy atom. The minimum Gasteiger partial charge on any atom is -0.391 e. The Morgan fingerprint density at radius 3 is 3.05 bits per heavy atom. The Morgan fingerprint density at radius 2 is 2.29 bits per heavy atom. The molecule has 1 aromatic carbocycles. The van der Waals surface area contributed by atoms with Gasteiger partial charge in [0.25, 0.3) is 0 Å². The number of rotatable bonds is 2. The minimum absolute atomic E-state index is 0.0428. The van der Waals surface area contributed by atoms with Crippen LogP contribution in [0.5, 0.6) is 0 Å². The number of aliphatic hydroxyl groups is 1. The number of nitrogens with zero attached hydrogens (tertiary/aromatic N) is 1. The number of piperidine rings is 1. The van der Waals surface area contributed by atoms with Crippen LogP contribution in [0.1, 0.15) is 29.3 Å². The predicted octanol–water partition coefficient (Wildman–Crippen LogP) is 1.44. The molecular formula is C15H17ClN2O3. The number of β-amino-alcohol motifs (C(OH)–C–C–N with tert-alkyl or cyclic N) is 1. The number of amides is 2. The van der Waals surface area contributed by atoms with Crippen molar-refractivity contribution in [2.24, 2.45) is 0 Å². The molecule has 2 N–H and O–H groups in total. The second kappa shape index (κ2) is 5.66. The summed E-state index contributed by atoms with van der Waals surface area (Å²) in [6, 6.07) is 5.35. The van der Waals surface area contributed by atoms with Gasteiger partial charge in [-0.25, -0.2) is 0 Å². The van der Waals surface area contributed by atoms with Gasteiger partial charge in [-0.05, 0) is 30.0 Å². The largest absolute Gasteiger partial charge is 0.391 e. The summed E-state index contributed by atoms with van der Waals surface area (Å²) in [5.41, 5.74) is 2.35. The molecule has 1 saturated heterocycles. The fourth-order valence-electron chi connectivity index (χ4n) is 2.86. The molecule has 5 nitrogen and oxygen atoms in total. The van der Waals surface area contributed by atoms with Crippen molar-refractivity contribution in [1.29, 1.82) is 0 Å². The second-order valence-electron chi connectivity index (χ2n) is 5.58. The number of benzene rings is 1. The van der Waals surface area contributed by atoms with E-state index in [-0.39, 0.29) is 11.8 Å². The first-order chi connectivity index (χ1) is 10.0. The van der Waals surface area contributed by atoms with E-state index in [0.717, 1.165) is 24.1 Å². The van der Waals surface area contributed by atoms with E-state index in [0.29, 0.717) is 25.1 Å². The number of nitrogens with one attached hydrogen (secondary N) is 1. The second-order valence-corrected chi connectivity index (χ2v) is 6.02. The topological polar surface area (TPSA) is 69.6 Å². The van der Waals surface area contributed by atoms with Crippen molar-refractivity contribution in [3.8, 4) is 0 Å². The number of fused-ring (bicyclic) bond motifs is 1. The first kappa shape index (κ1) is 14.4. The van der Waals surface area contributed by atoms with Gasteiger partial charge in [0.05, 0.1) is 12.5 Å². The summed E-state index contributed by atoms with van der Waals surface area (Å²) < 4.78 is 0. The summed E-state index contributed by atoms with van der Waals surface area (Å²) in [6.07, 6.45) is 1.37. The first-order valence-electron chi connectivity index (χ1n) is 7.08. The molecule has 0 radical (unpaired) electrons. The van der Waals surface area contributed by atoms with E-state index in [9.17, 15) is 14.7 Å². The zero-order valence-electron chi connectivity index (χ0n) is 11.5. The standard InChI is InChI=1S/C15H17ClN2O3/c16-14(15(21)18-5-1-2-11(19)8-18)9-3-4-12-10(6-9)7-13(20)17-12/h3-4,6,11,14,19H,1-2,5,7-8H2,(H,17,20). The quantitative estimate of drug-likeness (QED) is 0.812. The first-order valence-corrected chi connectivity index (χ1v) is 7.52. The molecule has 2 aliphatic heterocycles. The van der Waals surface area contributed by atoms with Crippen molar-refractivity contribution in [2.75, 3.05) is 18.4 Å². The van der Waals surface area contributed by atoms with Crippen LogP contribution < -0.4 is 5.32 Å². The molecule has 0 spiro atoms. The third-order valence-electron chi connectivity index (χ3n) is 3.97. The Labute approximate surface area is 127 Å². The van der Waals surface area contributed by atoms with Gasteiger partial charge in [-0.1, -0.05) is 12.1 Å². The van der Waals surface area contributed by atoms with Crippen LogP contribution in [0.4, 0.5) is 5.69 Å². The lowest BCUT2D eigenvalue weighted by atomic mass is 10.0. The highest BCUT2D eigenvalue weighted by atomic mass is 35.5. The molecule has 6 heteroatoms. The fourth-order valence-corrected chi connectivity index (χ4v) is 3.14. The normalized spacial score (nSPS) is 22.7. The lowest BCUT2D eigenvalue weighted by Crippen LogP contribution is -2.43. The van der Waals surface area contributed by atoms with E-state index in [1.807, 2.05) is 6.07 Å². The molecule has 2 heterocycles. The molecular weight excluding hydrogens is 292 g/mol. The zero-order chi connectivity index (χ0) is 15.0. The Hall–Kier alpha value is -1.59. The van der Waals surface area contributed by atoms with Gasteiger partial charge in [-0.15, -0.1) is 11.6 Å². The lowest BCUT2D eigenvalue weighted by Gasteiger charge is -2.31. The molecule has 2 atom stereocenters. The summed E-state index contributed by atoms with van der Waals surface area (Å²) in [7, 11) is 0. The number of hydrogen-bond donors (Lipinski definition) is 2. The summed E-state index contributed by atoms with van der Waals surface area (Å²) in [5.74, 6) is -0.230. The number of anilines is 1. The third kappa shape index (κ3) is 2.89. The fraction of sp³-hybridized carbons (Fsp3) is 0.467. The molecule has 0 aromatic heterocycles. The number of hydrogen-bond acceptors (Lipinski definition) is 3. The molecule has 1 aromatic rings. The van der Waals surface area contributed by atoms with Gasteiger partial charge >= 0.3 is 0 Å². The zero-order valence-corrected chi connectivity index (χ0v) is 12.3. The van der Waals surface area contributed by atoms with Crippen LogP contribution in [0.15, 0.2) is 18.2 Å². The minimum atomic E-state index is -0.781. The van der Waals surface area contributed by atoms with Gasteiger partial charge in [0.2, 0.25) is 11.8 Å². The smallest absolute Gasteiger partial charge is 0.245 e. The van der Waals surface area contributed by atoms with E-state index in [2.05, 4.69) is 5.32 Å². The average molecular weight is 309 g/mol. The van der Waals surface area contributed by atoms with Crippen LogP contribution in [0, 0.1) is 0 Å². The van der Waals surface area contributed by atoms with Crippen LogP contribution in [-0.4, -0.2) is 41.0 Å². The van der Waals surface area contributed by atoms with Crippen molar-refractivity contribution in [1.82, 2.24) is 4.90 Å². The van der Waals surface area contributed by atoms with Gasteiger partial charge in [0, 0.05) is 18.8 Å². The van der Waals surface area contributed by atoms with Crippen molar-refractivity contribution in [3.63, 3.8) is 0 Å². The molecule has 0 saturated carbocycles. The molecule has 2 aliphatic rings.